The van der Waals surface area contributed by atoms with E-state index in [4.69, 9.17) is 102 Å². The van der Waals surface area contributed by atoms with Crippen molar-refractivity contribution in [3.05, 3.63) is 331 Å². The summed E-state index contributed by atoms with van der Waals surface area (Å²) < 4.78 is 481. The normalized spacial score (nSPS) is 23.9. The van der Waals surface area contributed by atoms with Crippen molar-refractivity contribution in [2.75, 3.05) is 0 Å². The monoisotopic (exact) mass is 1870 g/mol. The molecule has 138 heavy (non-hydrogen) atoms. The molecule has 0 saturated heterocycles. The van der Waals surface area contributed by atoms with Crippen molar-refractivity contribution in [2.45, 2.75) is 223 Å². The van der Waals surface area contributed by atoms with Crippen LogP contribution in [-0.2, 0) is 49.9 Å². The number of fused-ring (bicyclic) bond motifs is 24. The van der Waals surface area contributed by atoms with Gasteiger partial charge in [0.05, 0.1) is 45.0 Å². The average Bonchev–Trinajstić information content (AvgIpc) is 1.52. The van der Waals surface area contributed by atoms with E-state index in [0.29, 0.717) is 166 Å². The average molecular weight is 1870 g/mol. The molecule has 0 fully saturated rings. The molecule has 8 aromatic carbocycles. The van der Waals surface area contributed by atoms with Crippen LogP contribution in [0.3, 0.4) is 0 Å². The van der Waals surface area contributed by atoms with E-state index in [2.05, 4.69) is 9.97 Å². The van der Waals surface area contributed by atoms with Crippen LogP contribution in [-0.4, -0.2) is 19.9 Å². The molecule has 0 N–H and O–H groups in total. The number of rotatable bonds is 10. The van der Waals surface area contributed by atoms with Gasteiger partial charge in [0, 0.05) is 214 Å². The highest BCUT2D eigenvalue weighted by Gasteiger charge is 2.45. The molecule has 12 nitrogen and oxygen atoms in total. The molecule has 20 aromatic rings. The van der Waals surface area contributed by atoms with Crippen LogP contribution in [0.1, 0.15) is 332 Å². The fourth-order valence-electron chi connectivity index (χ4n) is 20.6. The second-order valence-electron chi connectivity index (χ2n) is 36.4. The summed E-state index contributed by atoms with van der Waals surface area (Å²) in [5, 5.41) is 4.14. The van der Waals surface area contributed by atoms with Gasteiger partial charge in [0.2, 0.25) is 39.9 Å². The summed E-state index contributed by atoms with van der Waals surface area (Å²) in [6.45, 7) is -34.5. The van der Waals surface area contributed by atoms with E-state index >= 15 is 0 Å². The molecule has 5 unspecified atom stereocenters. The SMILES string of the molecule is [2H]C([2H])([2H])CC1(C([2H])([2H])C([2H])([2H])[2H])c2ccccc2-c2cc3c(nc21)oc1c(-c2cc(C([2H])([2H])[2H])c(C([2H])(C)C([2H])([2H])[2H])c[n+]2C)c(C)ccc13.[2H]C([2H])([2H])c1cc(-c2c(C)ccc3c2oc2cc4c(cc23)-c2cccnc2C4(C([2H])([2H])[2H])C([2H])([2H])[2H])[n+](C)cc1C([2H])(C)C([2H])([2H])[2H].[2H]C([2H])([2H])c1cc(-c2c(C)ccc3c2oc2nc4c(cc23)-c2ccccc2C4(C([2H])([2H])[2H])C([2H])([2H])[2H])[n+](C)cc1C([2H])(C)C([2H])([2H])[2H].[2H]C([2H])([2H])c1cc(-c2c(C)ccc3c2oc2nc4c(cc23)C(C([2H])([2H])[2H])(C([2H])([2H])[2H])c2ccccc2-4)[n+](C)cc1C([2H])(C)C([2H])([2H])[2H]. The van der Waals surface area contributed by atoms with E-state index in [1.54, 1.807) is 185 Å². The van der Waals surface area contributed by atoms with Crippen molar-refractivity contribution in [3.63, 3.8) is 0 Å². The molecular formula is C126H128N8O4+4. The zero-order chi connectivity index (χ0) is 143. The van der Waals surface area contributed by atoms with E-state index in [-0.39, 0.29) is 123 Å². The van der Waals surface area contributed by atoms with E-state index in [1.165, 1.54) is 97.1 Å². The fraction of sp³-hybridized carbons (Fsp3) is 0.302. The lowest BCUT2D eigenvalue weighted by molar-refractivity contribution is -0.661. The van der Waals surface area contributed by atoms with Gasteiger partial charge in [-0.15, -0.1) is 0 Å². The van der Waals surface area contributed by atoms with Gasteiger partial charge in [0.15, 0.2) is 41.5 Å². The number of nitrogens with zero attached hydrogens (tertiary/aromatic N) is 8. The van der Waals surface area contributed by atoms with E-state index in [1.807, 2.05) is 18.2 Å². The minimum Gasteiger partial charge on any atom is -0.455 e. The van der Waals surface area contributed by atoms with Crippen LogP contribution in [0.15, 0.2) is 237 Å². The highest BCUT2D eigenvalue weighted by molar-refractivity contribution is 6.15. The maximum atomic E-state index is 9.03. The largest absolute Gasteiger partial charge is 0.455 e. The summed E-state index contributed by atoms with van der Waals surface area (Å²) >= 11 is 0. The molecule has 24 rings (SSSR count). The Morgan fingerprint density at radius 2 is 0.717 bits per heavy atom. The number of hydrogen-bond acceptors (Lipinski definition) is 8. The quantitative estimate of drug-likeness (QED) is 0.124. The first-order chi connectivity index (χ1) is 87.5. The van der Waals surface area contributed by atoms with E-state index < -0.39 is 168 Å². The predicted octanol–water partition coefficient (Wildman–Crippen LogP) is 30.9. The van der Waals surface area contributed by atoms with Gasteiger partial charge in [0.25, 0.3) is 0 Å². The first kappa shape index (κ1) is 48.0. The molecule has 4 aliphatic carbocycles. The minimum absolute atomic E-state index is 0.00716. The van der Waals surface area contributed by atoms with Crippen molar-refractivity contribution in [3.8, 4) is 89.7 Å². The second-order valence-corrected chi connectivity index (χ2v) is 36.4. The van der Waals surface area contributed by atoms with Gasteiger partial charge >= 0.3 is 0 Å². The maximum Gasteiger partial charge on any atom is 0.227 e. The predicted molar refractivity (Wildman–Crippen MR) is 566 cm³/mol. The van der Waals surface area contributed by atoms with Gasteiger partial charge in [-0.25, -0.2) is 33.2 Å². The first-order valence-electron chi connectivity index (χ1n) is 71.6. The van der Waals surface area contributed by atoms with Gasteiger partial charge in [-0.2, -0.15) is 0 Å². The molecule has 12 heterocycles. The summed E-state index contributed by atoms with van der Waals surface area (Å²) in [5.41, 5.74) is -0.403. The van der Waals surface area contributed by atoms with E-state index in [9.17, 15) is 0 Å². The van der Waals surface area contributed by atoms with Crippen LogP contribution in [0, 0.1) is 55.1 Å². The third kappa shape index (κ3) is 13.8. The Labute approximate surface area is 887 Å². The highest BCUT2D eigenvalue weighted by atomic mass is 16.4. The Hall–Kier alpha value is -13.8. The standard InChI is InChI=1S/C33H35N2O.3C31H31N2O/c1-8-33(9-2)27-13-11-10-12-22(27)24-17-25-23-15-14-20(5)29(30(23)36-32(25)34-31(24)33)28-16-21(6)26(19(3)4)18-35(28)7;1-17(2)24-16-33(7)26(13-19(24)4)28-18(3)10-11-20-23-14-22-21-9-8-12-32-30(21)31(5,6)25(22)15-27(23)34-29(20)28;1-17(2)23-16-33(7)26(14-19(23)4)27-18(3)12-13-20-22-15-25-28(32-30(22)34-29(20)27)21-10-8-9-11-24(21)31(25,5)6;1-17(2)24-16-33(7)26(14-19(24)4)27-18(3)12-13-21-23-15-22-20-10-8-9-11-25(20)31(5,6)29(22)32-30(23)34-28(21)27/h10-19H,8-9H2,1-7H3;3*8-17H,1-7H3/q4*+1/i1D3,2D3,3D3,6D3,8D2,19D;3*1D3,4D3,5D3,6D3,17D. The number of aryl methyl sites for hydroxylation is 12. The third-order valence-electron chi connectivity index (χ3n) is 27.6. The summed E-state index contributed by atoms with van der Waals surface area (Å²) in [7, 11) is 6.45. The van der Waals surface area contributed by atoms with Gasteiger partial charge in [-0.3, -0.25) is 4.98 Å². The molecule has 0 spiro atoms. The maximum absolute atomic E-state index is 9.03. The molecule has 0 amide bonds. The molecule has 12 heteroatoms. The highest BCUT2D eigenvalue weighted by Crippen LogP contribution is 2.57. The fourth-order valence-corrected chi connectivity index (χ4v) is 20.6. The number of furan rings is 4. The molecule has 4 aliphatic rings. The van der Waals surface area contributed by atoms with Crippen LogP contribution < -0.4 is 18.3 Å². The van der Waals surface area contributed by atoms with Gasteiger partial charge in [0.1, 0.15) is 39.4 Å². The van der Waals surface area contributed by atoms with Crippen LogP contribution in [0.2, 0.25) is 0 Å². The number of pyridine rings is 8. The van der Waals surface area contributed by atoms with Gasteiger partial charge in [-0.1, -0.05) is 237 Å². The van der Waals surface area contributed by atoms with Crippen molar-refractivity contribution in [2.24, 2.45) is 28.2 Å². The molecule has 5 atom stereocenters. The Morgan fingerprint density at radius 3 is 1.17 bits per heavy atom. The molecule has 0 bridgehead atoms. The Morgan fingerprint density at radius 1 is 0.333 bits per heavy atom. The molecule has 0 saturated carbocycles. The molecule has 0 aliphatic heterocycles. The lowest BCUT2D eigenvalue weighted by Gasteiger charge is -2.28. The smallest absolute Gasteiger partial charge is 0.227 e. The van der Waals surface area contributed by atoms with Crippen LogP contribution in [0.5, 0.6) is 0 Å². The second kappa shape index (κ2) is 33.0. The Kier molecular flexibility index (Phi) is 11.5. The lowest BCUT2D eigenvalue weighted by atomic mass is 9.76. The van der Waals surface area contributed by atoms with Gasteiger partial charge in [-0.05, 0) is 217 Å². The third-order valence-corrected chi connectivity index (χ3v) is 27.6. The number of benzene rings is 8. The molecule has 0 radical (unpaired) electrons. The molecular weight excluding hydrogens is 1690 g/mol. The van der Waals surface area contributed by atoms with Crippen molar-refractivity contribution in [1.82, 2.24) is 19.9 Å². The zero-order valence-electron chi connectivity index (χ0n) is 131. The number of hydrogen-bond donors (Lipinski definition) is 0. The van der Waals surface area contributed by atoms with Crippen molar-refractivity contribution in [1.29, 1.82) is 0 Å². The molecule has 692 valence electrons. The summed E-state index contributed by atoms with van der Waals surface area (Å²) in [4.78, 5) is 18.4. The Balaban J connectivity index is 0.000000142. The Bertz CT molecular complexity index is 10500. The summed E-state index contributed by atoms with van der Waals surface area (Å²) in [6.07, 6.45) is 2.82. The van der Waals surface area contributed by atoms with Gasteiger partial charge < -0.3 is 17.7 Å². The minimum atomic E-state index is -3.25. The molecule has 12 aromatic heterocycles. The summed E-state index contributed by atoms with van der Waals surface area (Å²) in [5.74, 6) is -8.94. The topological polar surface area (TPSA) is 120 Å². The van der Waals surface area contributed by atoms with E-state index in [0.717, 1.165) is 20.8 Å². The number of aromatic nitrogens is 8. The summed E-state index contributed by atoms with van der Waals surface area (Å²) in [6, 6.07) is 50.6. The van der Waals surface area contributed by atoms with Crippen LogP contribution >= 0.6 is 0 Å². The lowest BCUT2D eigenvalue weighted by Crippen LogP contribution is -2.32. The van der Waals surface area contributed by atoms with Crippen molar-refractivity contribution < 1.29 is 110 Å². The van der Waals surface area contributed by atoms with Crippen LogP contribution in [0.25, 0.3) is 178 Å². The zero-order valence-corrected chi connectivity index (χ0v) is 77.2. The van der Waals surface area contributed by atoms with Crippen molar-refractivity contribution >= 4 is 88.1 Å². The van der Waals surface area contributed by atoms with Crippen LogP contribution in [0.4, 0.5) is 0 Å². The first-order valence-corrected chi connectivity index (χ1v) is 44.6.